The van der Waals surface area contributed by atoms with Gasteiger partial charge < -0.3 is 92.9 Å². The number of amides is 7. The molecule has 398 valence electrons. The van der Waals surface area contributed by atoms with Crippen LogP contribution in [0.4, 0.5) is 0 Å². The SMILES string of the molecule is CCCC[C@@H]1NC(=O)[C@H](CCCNC(=N)N)NC(=O)[C@H](CCCNC(=N)N)NC(=O)[C@H](CCCCN)NC(=O)[C@H](CCCNC(=N)N)NC(=O)[C@H](CCCNC(=N)N)NC(=O)[C@H](CCCCN)NC1=O. The fraction of sp³-hybridized carbons (Fsp3) is 0.738. The highest BCUT2D eigenvalue weighted by atomic mass is 16.2. The van der Waals surface area contributed by atoms with Crippen molar-refractivity contribution in [3.8, 4) is 0 Å². The predicted molar refractivity (Wildman–Crippen MR) is 265 cm³/mol. The van der Waals surface area contributed by atoms with Crippen LogP contribution in [0.25, 0.3) is 0 Å². The van der Waals surface area contributed by atoms with Crippen LogP contribution in [-0.2, 0) is 33.6 Å². The van der Waals surface area contributed by atoms with Crippen molar-refractivity contribution < 1.29 is 33.6 Å². The van der Waals surface area contributed by atoms with Gasteiger partial charge in [-0.25, -0.2) is 0 Å². The molecule has 70 heavy (non-hydrogen) atoms. The fourth-order valence-electron chi connectivity index (χ4n) is 7.30. The van der Waals surface area contributed by atoms with Crippen molar-refractivity contribution in [2.45, 2.75) is 158 Å². The Kier molecular flexibility index (Phi) is 31.0. The van der Waals surface area contributed by atoms with Crippen LogP contribution in [0.1, 0.15) is 116 Å². The lowest BCUT2D eigenvalue weighted by atomic mass is 10.0. The highest BCUT2D eigenvalue weighted by Crippen LogP contribution is 2.12. The third kappa shape index (κ3) is 26.7. The Labute approximate surface area is 410 Å². The molecule has 7 amide bonds. The number of carbonyl (C=O) groups excluding carboxylic acids is 7. The monoisotopic (exact) mass is 994 g/mol. The first-order valence-corrected chi connectivity index (χ1v) is 24.2. The molecule has 28 nitrogen and oxygen atoms in total. The second-order valence-corrected chi connectivity index (χ2v) is 17.1. The van der Waals surface area contributed by atoms with E-state index in [9.17, 15) is 33.6 Å². The van der Waals surface area contributed by atoms with E-state index in [4.69, 9.17) is 56.0 Å². The number of guanidine groups is 4. The smallest absolute Gasteiger partial charge is 0.243 e. The van der Waals surface area contributed by atoms with Gasteiger partial charge in [0.15, 0.2) is 23.8 Å². The maximum absolute atomic E-state index is 14.3. The molecule has 0 aromatic carbocycles. The molecule has 7 atom stereocenters. The first kappa shape index (κ1) is 61.3. The lowest BCUT2D eigenvalue weighted by Crippen LogP contribution is -2.59. The Bertz CT molecular complexity index is 1720. The minimum Gasteiger partial charge on any atom is -0.370 e. The Hall–Kier alpha value is -6.71. The van der Waals surface area contributed by atoms with Gasteiger partial charge in [-0.3, -0.25) is 55.2 Å². The molecule has 1 heterocycles. The fourth-order valence-corrected chi connectivity index (χ4v) is 7.30. The van der Waals surface area contributed by atoms with Crippen LogP contribution in [0, 0.1) is 21.6 Å². The summed E-state index contributed by atoms with van der Waals surface area (Å²) in [5.41, 5.74) is 33.5. The van der Waals surface area contributed by atoms with Gasteiger partial charge in [-0.05, 0) is 109 Å². The van der Waals surface area contributed by atoms with E-state index in [1.54, 1.807) is 0 Å². The molecule has 27 N–H and O–H groups in total. The molecule has 0 aliphatic carbocycles. The molecule has 1 fully saturated rings. The van der Waals surface area contributed by atoms with Gasteiger partial charge in [-0.2, -0.15) is 0 Å². The Morgan fingerprint density at radius 3 is 0.714 bits per heavy atom. The van der Waals surface area contributed by atoms with Crippen molar-refractivity contribution in [1.29, 1.82) is 21.6 Å². The van der Waals surface area contributed by atoms with E-state index in [0.717, 1.165) is 0 Å². The molecular formula is C42H83N21O7. The first-order chi connectivity index (χ1) is 33.3. The summed E-state index contributed by atoms with van der Waals surface area (Å²) in [4.78, 5) is 99.9. The van der Waals surface area contributed by atoms with Crippen LogP contribution in [0.2, 0.25) is 0 Å². The van der Waals surface area contributed by atoms with Crippen molar-refractivity contribution in [3.05, 3.63) is 0 Å². The van der Waals surface area contributed by atoms with E-state index >= 15 is 0 Å². The number of hydrogen-bond donors (Lipinski definition) is 21. The summed E-state index contributed by atoms with van der Waals surface area (Å²) < 4.78 is 0. The van der Waals surface area contributed by atoms with Gasteiger partial charge in [-0.1, -0.05) is 19.8 Å². The number of nitrogens with two attached hydrogens (primary N) is 6. The van der Waals surface area contributed by atoms with Crippen molar-refractivity contribution >= 4 is 65.2 Å². The van der Waals surface area contributed by atoms with E-state index in [2.05, 4.69) is 58.5 Å². The number of rotatable bonds is 27. The molecule has 1 aliphatic heterocycles. The quantitative estimate of drug-likeness (QED) is 0.0208. The third-order valence-electron chi connectivity index (χ3n) is 11.1. The standard InChI is InChI=1S/C42H83N21O7/c1-2-3-12-25-32(64)58-26(13-4-6-19-43)33(65)60-31(18-11-24-56-42(51)52)38(70)63-29(16-9-22-54-40(47)48)36(68)59-27(14-5-7-20-44)34(66)61-30(17-10-23-55-41(49)50)37(69)62-28(35(67)57-25)15-8-21-53-39(45)46/h25-31H,2-24,43-44H2,1H3,(H,57,67)(H,58,64)(H,59,68)(H,60,65)(H,61,66)(H,62,69)(H,63,70)(H4,45,46,53)(H4,47,48,54)(H4,49,50,55)(H4,51,52,56)/t25-,26-,27-,28-,29-,30-,31-/m0/s1. The molecule has 0 aromatic rings. The third-order valence-corrected chi connectivity index (χ3v) is 11.1. The first-order valence-electron chi connectivity index (χ1n) is 24.2. The summed E-state index contributed by atoms with van der Waals surface area (Å²) in [6.07, 6.45) is 3.86. The lowest BCUT2D eigenvalue weighted by Gasteiger charge is -2.28. The van der Waals surface area contributed by atoms with Crippen LogP contribution in [0.3, 0.4) is 0 Å². The van der Waals surface area contributed by atoms with Crippen LogP contribution < -0.4 is 92.9 Å². The maximum Gasteiger partial charge on any atom is 0.243 e. The minimum absolute atomic E-state index is 0.0118. The average molecular weight is 994 g/mol. The highest BCUT2D eigenvalue weighted by molar-refractivity contribution is 5.98. The molecule has 0 saturated carbocycles. The summed E-state index contributed by atoms with van der Waals surface area (Å²) in [6, 6.07) is -8.93. The molecule has 0 bridgehead atoms. The summed E-state index contributed by atoms with van der Waals surface area (Å²) in [5, 5.41) is 60.0. The summed E-state index contributed by atoms with van der Waals surface area (Å²) in [6.45, 7) is 3.01. The van der Waals surface area contributed by atoms with Crippen molar-refractivity contribution in [2.24, 2.45) is 34.4 Å². The molecule has 0 unspecified atom stereocenters. The number of unbranched alkanes of at least 4 members (excludes halogenated alkanes) is 3. The summed E-state index contributed by atoms with van der Waals surface area (Å²) in [7, 11) is 0. The van der Waals surface area contributed by atoms with E-state index in [0.29, 0.717) is 38.5 Å². The van der Waals surface area contributed by atoms with E-state index in [-0.39, 0.29) is 134 Å². The van der Waals surface area contributed by atoms with Crippen LogP contribution in [0.15, 0.2) is 0 Å². The number of carbonyl (C=O) groups is 7. The molecule has 1 saturated heterocycles. The van der Waals surface area contributed by atoms with Crippen LogP contribution >= 0.6 is 0 Å². The van der Waals surface area contributed by atoms with Gasteiger partial charge >= 0.3 is 0 Å². The van der Waals surface area contributed by atoms with Crippen molar-refractivity contribution in [1.82, 2.24) is 58.5 Å². The van der Waals surface area contributed by atoms with E-state index < -0.39 is 83.6 Å². The molecule has 0 radical (unpaired) electrons. The zero-order chi connectivity index (χ0) is 52.4. The second kappa shape index (κ2) is 35.4. The largest absolute Gasteiger partial charge is 0.370 e. The average Bonchev–Trinajstić information content (AvgIpc) is 3.29. The second-order valence-electron chi connectivity index (χ2n) is 17.1. The molecule has 28 heteroatoms. The zero-order valence-electron chi connectivity index (χ0n) is 40.6. The summed E-state index contributed by atoms with van der Waals surface area (Å²) in [5.74, 6) is -6.61. The normalized spacial score (nSPS) is 22.0. The lowest BCUT2D eigenvalue weighted by molar-refractivity contribution is -0.135. The molecule has 1 aliphatic rings. The minimum atomic E-state index is -1.32. The van der Waals surface area contributed by atoms with Gasteiger partial charge in [0.05, 0.1) is 0 Å². The van der Waals surface area contributed by atoms with E-state index in [1.807, 2.05) is 6.92 Å². The summed E-state index contributed by atoms with van der Waals surface area (Å²) >= 11 is 0. The van der Waals surface area contributed by atoms with Crippen molar-refractivity contribution in [3.63, 3.8) is 0 Å². The van der Waals surface area contributed by atoms with Gasteiger partial charge in [0, 0.05) is 26.2 Å². The predicted octanol–water partition coefficient (Wildman–Crippen LogP) is -5.11. The molecular weight excluding hydrogens is 911 g/mol. The van der Waals surface area contributed by atoms with Crippen LogP contribution in [-0.4, -0.2) is 147 Å². The van der Waals surface area contributed by atoms with Gasteiger partial charge in [0.1, 0.15) is 42.3 Å². The number of nitrogens with one attached hydrogen (secondary N) is 15. The highest BCUT2D eigenvalue weighted by Gasteiger charge is 2.35. The molecule has 1 rings (SSSR count). The topological polar surface area (TPSA) is 503 Å². The van der Waals surface area contributed by atoms with Gasteiger partial charge in [0.2, 0.25) is 41.4 Å². The Balaban J connectivity index is 4.06. The zero-order valence-corrected chi connectivity index (χ0v) is 40.6. The Morgan fingerprint density at radius 2 is 0.543 bits per heavy atom. The van der Waals surface area contributed by atoms with Gasteiger partial charge in [-0.15, -0.1) is 0 Å². The molecule has 0 aromatic heterocycles. The van der Waals surface area contributed by atoms with E-state index in [1.165, 1.54) is 0 Å². The van der Waals surface area contributed by atoms with Crippen LogP contribution in [0.5, 0.6) is 0 Å². The Morgan fingerprint density at radius 1 is 0.357 bits per heavy atom. The maximum atomic E-state index is 14.3. The van der Waals surface area contributed by atoms with Gasteiger partial charge in [0.25, 0.3) is 0 Å². The van der Waals surface area contributed by atoms with Crippen molar-refractivity contribution in [2.75, 3.05) is 39.3 Å². The number of hydrogen-bond acceptors (Lipinski definition) is 13. The molecule has 0 spiro atoms.